The monoisotopic (exact) mass is 497 g/mol. The summed E-state index contributed by atoms with van der Waals surface area (Å²) in [5.74, 6) is 1.45. The van der Waals surface area contributed by atoms with Gasteiger partial charge in [0.25, 0.3) is 0 Å². The molecule has 182 valence electrons. The average Bonchev–Trinajstić information content (AvgIpc) is 3.11. The Labute approximate surface area is 205 Å². The van der Waals surface area contributed by atoms with Crippen LogP contribution in [0.2, 0.25) is 5.02 Å². The number of aliphatic hydroxyl groups excluding tert-OH is 1. The van der Waals surface area contributed by atoms with E-state index in [4.69, 9.17) is 27.1 Å². The number of aromatic nitrogens is 4. The second kappa shape index (κ2) is 7.91. The third-order valence-electron chi connectivity index (χ3n) is 7.22. The summed E-state index contributed by atoms with van der Waals surface area (Å²) in [6.07, 6.45) is 0.659. The largest absolute Gasteiger partial charge is 0.422 e. The molecular formula is C24H25ClFN7O2. The molecule has 1 saturated carbocycles. The van der Waals surface area contributed by atoms with Crippen LogP contribution in [0.1, 0.15) is 25.6 Å². The maximum atomic E-state index is 14.5. The number of aromatic amines is 1. The lowest BCUT2D eigenvalue weighted by Crippen LogP contribution is -2.36. The van der Waals surface area contributed by atoms with Crippen molar-refractivity contribution in [2.45, 2.75) is 32.0 Å². The van der Waals surface area contributed by atoms with E-state index in [0.29, 0.717) is 45.8 Å². The Morgan fingerprint density at radius 1 is 1.34 bits per heavy atom. The van der Waals surface area contributed by atoms with Crippen molar-refractivity contribution in [2.75, 3.05) is 23.8 Å². The second-order valence-electron chi connectivity index (χ2n) is 9.33. The predicted octanol–water partition coefficient (Wildman–Crippen LogP) is 3.97. The minimum absolute atomic E-state index is 0.102. The third-order valence-corrected chi connectivity index (χ3v) is 7.53. The zero-order valence-corrected chi connectivity index (χ0v) is 20.1. The van der Waals surface area contributed by atoms with Crippen molar-refractivity contribution in [1.29, 1.82) is 0 Å². The first kappa shape index (κ1) is 22.3. The molecule has 2 fully saturated rings. The summed E-state index contributed by atoms with van der Waals surface area (Å²) >= 11 is 6.26. The maximum absolute atomic E-state index is 14.5. The maximum Gasteiger partial charge on any atom is 0.326 e. The number of anilines is 2. The highest BCUT2D eigenvalue weighted by Gasteiger charge is 2.58. The SMILES string of the molecule is CNc1cc(F)cc2c1[nH]c1nc(Oc3cnc(C(C)O)c(Cl)c3)nc(N3C[C@H]4C([C@H]4N)[C@H]3C)c12. The molecule has 0 bridgehead atoms. The molecule has 35 heavy (non-hydrogen) atoms. The lowest BCUT2D eigenvalue weighted by molar-refractivity contribution is 0.194. The van der Waals surface area contributed by atoms with Crippen LogP contribution in [-0.4, -0.2) is 50.7 Å². The van der Waals surface area contributed by atoms with Crippen LogP contribution in [0.4, 0.5) is 15.9 Å². The van der Waals surface area contributed by atoms with E-state index in [1.165, 1.54) is 18.3 Å². The minimum Gasteiger partial charge on any atom is -0.422 e. The molecule has 11 heteroatoms. The van der Waals surface area contributed by atoms with E-state index in [2.05, 4.69) is 32.1 Å². The number of rotatable bonds is 5. The van der Waals surface area contributed by atoms with Gasteiger partial charge in [-0.3, -0.25) is 4.98 Å². The van der Waals surface area contributed by atoms with Gasteiger partial charge in [-0.05, 0) is 31.9 Å². The Bertz CT molecular complexity index is 1480. The van der Waals surface area contributed by atoms with Crippen LogP contribution in [-0.2, 0) is 0 Å². The van der Waals surface area contributed by atoms with Crippen LogP contribution >= 0.6 is 11.6 Å². The van der Waals surface area contributed by atoms with Crippen molar-refractivity contribution in [3.05, 3.63) is 40.9 Å². The molecule has 2 aliphatic rings. The van der Waals surface area contributed by atoms with Gasteiger partial charge in [0.1, 0.15) is 17.3 Å². The molecule has 2 unspecified atom stereocenters. The smallest absolute Gasteiger partial charge is 0.326 e. The number of H-pyrrole nitrogens is 1. The molecule has 0 radical (unpaired) electrons. The molecule has 0 spiro atoms. The fourth-order valence-electron chi connectivity index (χ4n) is 5.41. The zero-order valence-electron chi connectivity index (χ0n) is 19.4. The Hall–Kier alpha value is -3.21. The molecule has 1 aliphatic carbocycles. The van der Waals surface area contributed by atoms with Gasteiger partial charge < -0.3 is 30.8 Å². The number of hydrogen-bond donors (Lipinski definition) is 4. The Kier molecular flexibility index (Phi) is 5.03. The van der Waals surface area contributed by atoms with Crippen molar-refractivity contribution in [3.63, 3.8) is 0 Å². The van der Waals surface area contributed by atoms with E-state index >= 15 is 0 Å². The van der Waals surface area contributed by atoms with E-state index in [-0.39, 0.29) is 28.9 Å². The topological polar surface area (TPSA) is 125 Å². The summed E-state index contributed by atoms with van der Waals surface area (Å²) in [5.41, 5.74) is 8.47. The summed E-state index contributed by atoms with van der Waals surface area (Å²) in [5, 5.41) is 14.5. The van der Waals surface area contributed by atoms with Gasteiger partial charge in [0.2, 0.25) is 0 Å². The van der Waals surface area contributed by atoms with E-state index in [9.17, 15) is 9.50 Å². The summed E-state index contributed by atoms with van der Waals surface area (Å²) in [4.78, 5) is 19.1. The number of nitrogens with one attached hydrogen (secondary N) is 2. The summed E-state index contributed by atoms with van der Waals surface area (Å²) in [6, 6.07) is 4.97. The number of fused-ring (bicyclic) bond motifs is 4. The molecule has 1 aliphatic heterocycles. The lowest BCUT2D eigenvalue weighted by Gasteiger charge is -2.27. The van der Waals surface area contributed by atoms with Crippen LogP contribution in [0.15, 0.2) is 24.4 Å². The summed E-state index contributed by atoms with van der Waals surface area (Å²) in [6.45, 7) is 4.48. The van der Waals surface area contributed by atoms with Crippen LogP contribution in [0, 0.1) is 17.7 Å². The van der Waals surface area contributed by atoms with Crippen molar-refractivity contribution in [2.24, 2.45) is 17.6 Å². The number of aliphatic hydroxyl groups is 1. The van der Waals surface area contributed by atoms with Gasteiger partial charge in [-0.15, -0.1) is 0 Å². The third kappa shape index (κ3) is 3.47. The predicted molar refractivity (Wildman–Crippen MR) is 133 cm³/mol. The lowest BCUT2D eigenvalue weighted by atomic mass is 10.1. The number of halogens is 2. The highest BCUT2D eigenvalue weighted by molar-refractivity contribution is 6.31. The van der Waals surface area contributed by atoms with Crippen molar-refractivity contribution >= 4 is 45.0 Å². The molecule has 5 atom stereocenters. The van der Waals surface area contributed by atoms with Gasteiger partial charge in [0, 0.05) is 43.0 Å². The molecular weight excluding hydrogens is 473 g/mol. The fraction of sp³-hybridized carbons (Fsp3) is 0.375. The van der Waals surface area contributed by atoms with Crippen molar-refractivity contribution in [3.8, 4) is 11.8 Å². The van der Waals surface area contributed by atoms with Crippen molar-refractivity contribution < 1.29 is 14.2 Å². The molecule has 0 amide bonds. The summed E-state index contributed by atoms with van der Waals surface area (Å²) in [7, 11) is 1.74. The normalized spacial score (nSPS) is 24.1. The number of piperidine rings is 1. The van der Waals surface area contributed by atoms with Crippen LogP contribution in [0.25, 0.3) is 21.9 Å². The Morgan fingerprint density at radius 3 is 2.80 bits per heavy atom. The fourth-order valence-corrected chi connectivity index (χ4v) is 5.72. The molecule has 6 rings (SSSR count). The Balaban J connectivity index is 1.50. The number of hydrogen-bond acceptors (Lipinski definition) is 8. The van der Waals surface area contributed by atoms with E-state index in [1.807, 2.05) is 0 Å². The number of nitrogens with zero attached hydrogens (tertiary/aromatic N) is 4. The first-order chi connectivity index (χ1) is 16.8. The average molecular weight is 498 g/mol. The second-order valence-corrected chi connectivity index (χ2v) is 9.74. The van der Waals surface area contributed by atoms with Crippen LogP contribution < -0.4 is 20.7 Å². The highest BCUT2D eigenvalue weighted by Crippen LogP contribution is 2.51. The first-order valence-electron chi connectivity index (χ1n) is 11.5. The van der Waals surface area contributed by atoms with Crippen LogP contribution in [0.3, 0.4) is 0 Å². The molecule has 1 aromatic carbocycles. The van der Waals surface area contributed by atoms with Crippen molar-refractivity contribution in [1.82, 2.24) is 19.9 Å². The quantitative estimate of drug-likeness (QED) is 0.326. The standard InChI is InChI=1S/C24H25ClFN7O2/c1-9-17-14(19(17)27)8-33(9)23-18-13-4-11(26)5-16(28-3)21(13)30-22(18)31-24(32-23)35-12-6-15(25)20(10(2)34)29-7-12/h4-7,9-10,14,17,19,28,34H,8,27H2,1-3H3,(H,30,31,32)/t9-,10?,14+,17?,19+/m1/s1. The number of nitrogens with two attached hydrogens (primary N) is 1. The molecule has 4 heterocycles. The van der Waals surface area contributed by atoms with Gasteiger partial charge in [-0.25, -0.2) is 4.39 Å². The van der Waals surface area contributed by atoms with Gasteiger partial charge in [0.05, 0.1) is 39.6 Å². The minimum atomic E-state index is -0.807. The first-order valence-corrected chi connectivity index (χ1v) is 11.9. The van der Waals surface area contributed by atoms with Gasteiger partial charge in [0.15, 0.2) is 5.75 Å². The highest BCUT2D eigenvalue weighted by atomic mass is 35.5. The molecule has 1 saturated heterocycles. The van der Waals surface area contributed by atoms with E-state index in [1.54, 1.807) is 20.0 Å². The molecule has 5 N–H and O–H groups in total. The number of pyridine rings is 1. The number of benzene rings is 1. The Morgan fingerprint density at radius 2 is 2.14 bits per heavy atom. The van der Waals surface area contributed by atoms with Gasteiger partial charge >= 0.3 is 6.01 Å². The molecule has 9 nitrogen and oxygen atoms in total. The van der Waals surface area contributed by atoms with Gasteiger partial charge in [-0.1, -0.05) is 11.6 Å². The number of ether oxygens (including phenoxy) is 1. The molecule has 4 aromatic rings. The van der Waals surface area contributed by atoms with Gasteiger partial charge in [-0.2, -0.15) is 9.97 Å². The van der Waals surface area contributed by atoms with E-state index in [0.717, 1.165) is 17.4 Å². The summed E-state index contributed by atoms with van der Waals surface area (Å²) < 4.78 is 20.5. The van der Waals surface area contributed by atoms with Crippen LogP contribution in [0.5, 0.6) is 11.8 Å². The van der Waals surface area contributed by atoms with E-state index < -0.39 is 6.10 Å². The zero-order chi connectivity index (χ0) is 24.6. The molecule has 3 aromatic heterocycles.